The van der Waals surface area contributed by atoms with Gasteiger partial charge in [-0.05, 0) is 92.3 Å². The number of aromatic nitrogens is 2. The van der Waals surface area contributed by atoms with Crippen molar-refractivity contribution < 1.29 is 52.0 Å². The fourth-order valence-electron chi connectivity index (χ4n) is 7.42. The molecule has 0 spiro atoms. The van der Waals surface area contributed by atoms with Gasteiger partial charge in [-0.25, -0.2) is 9.37 Å². The molecule has 2 fully saturated rings. The van der Waals surface area contributed by atoms with Crippen LogP contribution >= 0.6 is 11.8 Å². The maximum Gasteiger partial charge on any atom is 0.247 e. The van der Waals surface area contributed by atoms with Gasteiger partial charge in [0.15, 0.2) is 11.6 Å². The van der Waals surface area contributed by atoms with Crippen LogP contribution in [0.25, 0.3) is 0 Å². The van der Waals surface area contributed by atoms with E-state index in [1.54, 1.807) is 48.5 Å². The van der Waals surface area contributed by atoms with Crippen molar-refractivity contribution in [1.82, 2.24) is 31.2 Å². The number of halogens is 1. The molecule has 7 N–H and O–H groups in total. The predicted molar refractivity (Wildman–Crippen MR) is 266 cm³/mol. The molecule has 0 saturated carbocycles. The first-order valence-corrected chi connectivity index (χ1v) is 25.0. The summed E-state index contributed by atoms with van der Waals surface area (Å²) >= 11 is 1.96. The molecule has 2 saturated heterocycles. The van der Waals surface area contributed by atoms with Crippen LogP contribution in [0, 0.1) is 11.7 Å². The van der Waals surface area contributed by atoms with Gasteiger partial charge in [0, 0.05) is 86.9 Å². The lowest BCUT2D eigenvalue weighted by Gasteiger charge is -2.17. The molecule has 3 aromatic rings. The van der Waals surface area contributed by atoms with Crippen LogP contribution in [-0.2, 0) is 42.9 Å². The Morgan fingerprint density at radius 3 is 2.06 bits per heavy atom. The Bertz CT molecular complexity index is 2110. The number of nitrogens with one attached hydrogen (secondary N) is 7. The molecule has 5 amide bonds. The van der Waals surface area contributed by atoms with E-state index in [4.69, 9.17) is 23.7 Å². The largest absolute Gasteiger partial charge is 0.491 e. The Morgan fingerprint density at radius 2 is 1.36 bits per heavy atom. The number of fused-ring (bicyclic) bond motifs is 1. The van der Waals surface area contributed by atoms with E-state index >= 15 is 0 Å². The second kappa shape index (κ2) is 32.1. The third-order valence-corrected chi connectivity index (χ3v) is 12.6. The molecule has 382 valence electrons. The van der Waals surface area contributed by atoms with Gasteiger partial charge in [0.05, 0.1) is 45.8 Å². The summed E-state index contributed by atoms with van der Waals surface area (Å²) in [5, 5.41) is 20.8. The first-order chi connectivity index (χ1) is 34.1. The Hall–Kier alpha value is -5.87. The minimum atomic E-state index is -0.656. The van der Waals surface area contributed by atoms with Crippen LogP contribution in [0.2, 0.25) is 0 Å². The molecule has 5 rings (SSSR count). The van der Waals surface area contributed by atoms with Crippen molar-refractivity contribution in [1.29, 1.82) is 0 Å². The van der Waals surface area contributed by atoms with E-state index in [1.165, 1.54) is 0 Å². The van der Waals surface area contributed by atoms with Gasteiger partial charge in [0.25, 0.3) is 0 Å². The molecule has 1 aromatic heterocycles. The molecule has 3 heterocycles. The van der Waals surface area contributed by atoms with E-state index in [1.807, 2.05) is 11.8 Å². The molecule has 70 heavy (non-hydrogen) atoms. The summed E-state index contributed by atoms with van der Waals surface area (Å²) in [6.07, 6.45) is 8.61. The molecule has 0 unspecified atom stereocenters. The number of hydrogen-bond acceptors (Lipinski definition) is 15. The van der Waals surface area contributed by atoms with Crippen LogP contribution in [-0.4, -0.2) is 136 Å². The Balaban J connectivity index is 0.751. The summed E-state index contributed by atoms with van der Waals surface area (Å²) in [6.45, 7) is 8.59. The van der Waals surface area contributed by atoms with Crippen molar-refractivity contribution >= 4 is 70.1 Å². The van der Waals surface area contributed by atoms with Crippen molar-refractivity contribution in [3.63, 3.8) is 0 Å². The van der Waals surface area contributed by atoms with Crippen LogP contribution in [0.3, 0.4) is 0 Å². The van der Waals surface area contributed by atoms with Crippen molar-refractivity contribution in [3.05, 3.63) is 73.2 Å². The molecule has 2 aliphatic rings. The minimum Gasteiger partial charge on any atom is -0.491 e. The molecular weight excluding hydrogens is 926 g/mol. The number of unbranched alkanes of at least 4 members (excludes halogenated alkanes) is 1. The molecule has 21 heteroatoms. The molecule has 3 atom stereocenters. The Morgan fingerprint density at radius 1 is 0.729 bits per heavy atom. The van der Waals surface area contributed by atoms with Gasteiger partial charge in [0.2, 0.25) is 35.5 Å². The van der Waals surface area contributed by atoms with Crippen LogP contribution in [0.1, 0.15) is 64.2 Å². The smallest absolute Gasteiger partial charge is 0.247 e. The number of amides is 5. The predicted octanol–water partition coefficient (Wildman–Crippen LogP) is 5.15. The number of ether oxygens (including phenoxy) is 5. The summed E-state index contributed by atoms with van der Waals surface area (Å²) in [5.74, 6) is 1.22. The number of benzene rings is 2. The standard InChI is InChI=1S/C49H68FN9O10S/c1-2-42(60)55-37-9-5-10-38(32-37)56-48-40(50)33-54-49(59-48)57-36-15-17-39(18-16-36)69-30-29-67-24-21-53-45(63)14-6-13-44(62)52-20-8-23-66-26-28-68-27-25-65-22-7-19-51-43(61)12-4-3-11-41-47-35(34-70-41)31-46(64)58-47/h2,5,9-10,15-18,32-33,35,41,47H,1,3-4,6-8,11-14,19-31,34H2,(H,51,61)(H,52,62)(H,53,63)(H,55,60)(H,58,64)(H2,54,56,57,59)/t35-,41-,47-/m0/s1. The average molecular weight is 994 g/mol. The number of rotatable bonds is 36. The Labute approximate surface area is 413 Å². The van der Waals surface area contributed by atoms with Gasteiger partial charge in [0.1, 0.15) is 12.4 Å². The maximum absolute atomic E-state index is 14.5. The number of anilines is 5. The molecule has 2 aliphatic heterocycles. The van der Waals surface area contributed by atoms with Gasteiger partial charge < -0.3 is 60.9 Å². The van der Waals surface area contributed by atoms with Crippen molar-refractivity contribution in [2.45, 2.75) is 75.5 Å². The fourth-order valence-corrected chi connectivity index (χ4v) is 9.07. The number of nitrogens with zero attached hydrogens (tertiary/aromatic N) is 2. The van der Waals surface area contributed by atoms with E-state index in [-0.39, 0.29) is 54.1 Å². The zero-order valence-electron chi connectivity index (χ0n) is 39.7. The van der Waals surface area contributed by atoms with Gasteiger partial charge in [-0.3, -0.25) is 24.0 Å². The van der Waals surface area contributed by atoms with Gasteiger partial charge in [-0.15, -0.1) is 0 Å². The van der Waals surface area contributed by atoms with E-state index < -0.39 is 5.82 Å². The summed E-state index contributed by atoms with van der Waals surface area (Å²) in [5.41, 5.74) is 1.67. The highest BCUT2D eigenvalue weighted by Crippen LogP contribution is 2.39. The topological polar surface area (TPSA) is 241 Å². The molecule has 19 nitrogen and oxygen atoms in total. The average Bonchev–Trinajstić information content (AvgIpc) is 3.91. The van der Waals surface area contributed by atoms with Gasteiger partial charge >= 0.3 is 0 Å². The highest BCUT2D eigenvalue weighted by Gasteiger charge is 2.42. The molecule has 0 radical (unpaired) electrons. The van der Waals surface area contributed by atoms with Crippen molar-refractivity contribution in [3.8, 4) is 5.75 Å². The van der Waals surface area contributed by atoms with Crippen molar-refractivity contribution in [2.24, 2.45) is 5.92 Å². The van der Waals surface area contributed by atoms with E-state index in [2.05, 4.69) is 53.8 Å². The van der Waals surface area contributed by atoms with E-state index in [0.717, 1.165) is 43.7 Å². The fraction of sp³-hybridized carbons (Fsp3) is 0.531. The zero-order valence-corrected chi connectivity index (χ0v) is 40.6. The second-order valence-corrected chi connectivity index (χ2v) is 17.8. The first-order valence-electron chi connectivity index (χ1n) is 24.0. The third kappa shape index (κ3) is 21.8. The summed E-state index contributed by atoms with van der Waals surface area (Å²) < 4.78 is 42.5. The monoisotopic (exact) mass is 993 g/mol. The lowest BCUT2D eigenvalue weighted by molar-refractivity contribution is -0.123. The van der Waals surface area contributed by atoms with E-state index in [0.29, 0.717) is 145 Å². The van der Waals surface area contributed by atoms with Crippen LogP contribution in [0.15, 0.2) is 67.4 Å². The highest BCUT2D eigenvalue weighted by atomic mass is 32.2. The third-order valence-electron chi connectivity index (χ3n) is 11.0. The summed E-state index contributed by atoms with van der Waals surface area (Å²) in [4.78, 5) is 67.9. The molecular formula is C49H68FN9O10S. The quantitative estimate of drug-likeness (QED) is 0.0294. The number of carbonyl (C=O) groups is 5. The van der Waals surface area contributed by atoms with Crippen molar-refractivity contribution in [2.75, 3.05) is 101 Å². The first kappa shape index (κ1) is 55.1. The molecule has 2 aromatic carbocycles. The van der Waals surface area contributed by atoms with Gasteiger partial charge in [-0.1, -0.05) is 19.1 Å². The maximum atomic E-state index is 14.5. The normalized spacial score (nSPS) is 15.9. The number of hydrogen-bond donors (Lipinski definition) is 7. The summed E-state index contributed by atoms with van der Waals surface area (Å²) in [6, 6.07) is 14.1. The number of thioether (sulfide) groups is 1. The lowest BCUT2D eigenvalue weighted by Crippen LogP contribution is -2.34. The molecule has 0 bridgehead atoms. The highest BCUT2D eigenvalue weighted by molar-refractivity contribution is 8.00. The second-order valence-electron chi connectivity index (χ2n) is 16.5. The lowest BCUT2D eigenvalue weighted by atomic mass is 9.97. The number of carbonyl (C=O) groups excluding carboxylic acids is 5. The Kier molecular flexibility index (Phi) is 25.2. The molecule has 0 aliphatic carbocycles. The van der Waals surface area contributed by atoms with Crippen LogP contribution < -0.4 is 42.0 Å². The van der Waals surface area contributed by atoms with E-state index in [9.17, 15) is 28.4 Å². The van der Waals surface area contributed by atoms with Gasteiger partial charge in [-0.2, -0.15) is 16.7 Å². The van der Waals surface area contributed by atoms with Crippen LogP contribution in [0.5, 0.6) is 5.75 Å². The zero-order chi connectivity index (χ0) is 49.6. The SMILES string of the molecule is C=CC(=O)Nc1cccc(Nc2nc(Nc3ccc(OCCOCCNC(=O)CCCC(=O)NCCCOCCOCCOCCCNC(=O)CCCC[C@@H]4SC[C@@H]5CC(=O)N[C@@H]54)cc3)ncc2F)c1. The van der Waals surface area contributed by atoms with Crippen LogP contribution in [0.4, 0.5) is 33.2 Å². The minimum absolute atomic E-state index is 0.0522. The summed E-state index contributed by atoms with van der Waals surface area (Å²) in [7, 11) is 0.